The van der Waals surface area contributed by atoms with Gasteiger partial charge >= 0.3 is 29.6 Å². The van der Waals surface area contributed by atoms with E-state index in [1.807, 2.05) is 36.8 Å². The Morgan fingerprint density at radius 2 is 1.45 bits per heavy atom. The zero-order valence-corrected chi connectivity index (χ0v) is 23.0. The first kappa shape index (κ1) is 30.2. The minimum absolute atomic E-state index is 0. The number of hydrogen-bond donors (Lipinski definition) is 0. The number of carbonyl (C=O) groups excluding carboxylic acids is 1. The summed E-state index contributed by atoms with van der Waals surface area (Å²) in [5.74, 6) is -0.280. The van der Waals surface area contributed by atoms with Crippen molar-refractivity contribution in [1.29, 1.82) is 0 Å². The number of benzene rings is 2. The molecule has 33 heavy (non-hydrogen) atoms. The Morgan fingerprint density at radius 3 is 2.03 bits per heavy atom. The van der Waals surface area contributed by atoms with E-state index in [1.54, 1.807) is 12.1 Å². The van der Waals surface area contributed by atoms with Crippen molar-refractivity contribution in [2.75, 3.05) is 5.75 Å². The van der Waals surface area contributed by atoms with Crippen LogP contribution in [0.3, 0.4) is 0 Å². The third-order valence-electron chi connectivity index (χ3n) is 5.39. The van der Waals surface area contributed by atoms with E-state index in [2.05, 4.69) is 6.92 Å². The van der Waals surface area contributed by atoms with Gasteiger partial charge in [-0.2, -0.15) is 4.33 Å². The molecule has 0 aliphatic rings. The van der Waals surface area contributed by atoms with Gasteiger partial charge in [0.1, 0.15) is 6.10 Å². The fourth-order valence-corrected chi connectivity index (χ4v) is 4.01. The quantitative estimate of drug-likeness (QED) is 0.107. The van der Waals surface area contributed by atoms with Crippen LogP contribution in [0.4, 0.5) is 0 Å². The van der Waals surface area contributed by atoms with E-state index in [0.29, 0.717) is 0 Å². The second-order valence-corrected chi connectivity index (χ2v) is 8.86. The SMILES string of the molecule is CCCCCCCCCCCCSOOC([CH]c1ccc(C(=O)[O-])cc1)c1ccccc1.[Na+]. The Morgan fingerprint density at radius 1 is 0.879 bits per heavy atom. The van der Waals surface area contributed by atoms with Crippen molar-refractivity contribution in [3.05, 3.63) is 77.7 Å². The molecule has 0 saturated carbocycles. The zero-order chi connectivity index (χ0) is 22.9. The van der Waals surface area contributed by atoms with E-state index in [0.717, 1.165) is 23.3 Å². The van der Waals surface area contributed by atoms with Crippen molar-refractivity contribution in [2.45, 2.75) is 77.2 Å². The molecule has 0 saturated heterocycles. The first-order valence-electron chi connectivity index (χ1n) is 11.9. The maximum Gasteiger partial charge on any atom is 1.00 e. The van der Waals surface area contributed by atoms with Crippen molar-refractivity contribution in [3.63, 3.8) is 0 Å². The zero-order valence-electron chi connectivity index (χ0n) is 20.2. The molecule has 0 aliphatic heterocycles. The number of carbonyl (C=O) groups is 1. The van der Waals surface area contributed by atoms with Crippen LogP contribution in [0.15, 0.2) is 54.6 Å². The van der Waals surface area contributed by atoms with Crippen LogP contribution in [0.1, 0.15) is 98.7 Å². The molecule has 2 aromatic carbocycles. The predicted octanol–water partition coefficient (Wildman–Crippen LogP) is 3.87. The van der Waals surface area contributed by atoms with E-state index in [1.165, 1.54) is 82.0 Å². The monoisotopic (exact) mass is 479 g/mol. The van der Waals surface area contributed by atoms with E-state index in [9.17, 15) is 9.90 Å². The molecule has 1 radical (unpaired) electrons. The normalized spacial score (nSPS) is 11.7. The fraction of sp³-hybridized carbons (Fsp3) is 0.481. The second kappa shape index (κ2) is 19.5. The summed E-state index contributed by atoms with van der Waals surface area (Å²) in [7, 11) is 0. The Kier molecular flexibility index (Phi) is 17.8. The van der Waals surface area contributed by atoms with Crippen LogP contribution >= 0.6 is 12.0 Å². The van der Waals surface area contributed by atoms with Crippen LogP contribution in [0, 0.1) is 6.42 Å². The van der Waals surface area contributed by atoms with E-state index in [4.69, 9.17) is 9.22 Å². The van der Waals surface area contributed by atoms with Crippen LogP contribution in [-0.2, 0) is 9.22 Å². The average Bonchev–Trinajstić information content (AvgIpc) is 2.82. The number of carboxylic acids is 1. The summed E-state index contributed by atoms with van der Waals surface area (Å²) in [5, 5.41) is 10.9. The Hall–Kier alpha value is -0.820. The van der Waals surface area contributed by atoms with Crippen molar-refractivity contribution in [2.24, 2.45) is 0 Å². The maximum absolute atomic E-state index is 10.9. The molecule has 0 bridgehead atoms. The van der Waals surface area contributed by atoms with Crippen molar-refractivity contribution in [3.8, 4) is 0 Å². The summed E-state index contributed by atoms with van der Waals surface area (Å²) in [5.41, 5.74) is 1.98. The molecule has 0 aromatic heterocycles. The third kappa shape index (κ3) is 13.6. The number of rotatable bonds is 18. The molecule has 4 nitrogen and oxygen atoms in total. The van der Waals surface area contributed by atoms with Gasteiger partial charge in [-0.3, -0.25) is 0 Å². The van der Waals surface area contributed by atoms with Crippen molar-refractivity contribution < 1.29 is 48.7 Å². The number of aromatic carboxylic acids is 1. The second-order valence-electron chi connectivity index (χ2n) is 8.08. The third-order valence-corrected chi connectivity index (χ3v) is 6.02. The molecular formula is C27H36NaO4S. The van der Waals surface area contributed by atoms with Gasteiger partial charge in [0.2, 0.25) is 0 Å². The summed E-state index contributed by atoms with van der Waals surface area (Å²) in [6.07, 6.45) is 14.7. The van der Waals surface area contributed by atoms with Gasteiger partial charge in [-0.05, 0) is 23.1 Å². The molecule has 2 rings (SSSR count). The van der Waals surface area contributed by atoms with Crippen LogP contribution in [0.2, 0.25) is 0 Å². The Balaban J connectivity index is 0.00000544. The van der Waals surface area contributed by atoms with E-state index >= 15 is 0 Å². The Bertz CT molecular complexity index is 740. The Labute approximate surface area is 226 Å². The van der Waals surface area contributed by atoms with Crippen LogP contribution in [-0.4, -0.2) is 11.7 Å². The fourth-order valence-electron chi connectivity index (χ4n) is 3.48. The van der Waals surface area contributed by atoms with Gasteiger partial charge in [0, 0.05) is 24.2 Å². The molecule has 2 aromatic rings. The molecule has 175 valence electrons. The number of carboxylic acid groups (broad SMARTS) is 1. The maximum atomic E-state index is 10.9. The summed E-state index contributed by atoms with van der Waals surface area (Å²) >= 11 is 1.34. The van der Waals surface area contributed by atoms with Gasteiger partial charge < -0.3 is 9.90 Å². The number of unbranched alkanes of at least 4 members (excludes halogenated alkanes) is 9. The largest absolute Gasteiger partial charge is 1.00 e. The smallest absolute Gasteiger partial charge is 0.545 e. The van der Waals surface area contributed by atoms with Crippen molar-refractivity contribution >= 4 is 18.0 Å². The predicted molar refractivity (Wildman–Crippen MR) is 130 cm³/mol. The van der Waals surface area contributed by atoms with E-state index in [-0.39, 0.29) is 41.2 Å². The minimum atomic E-state index is -1.18. The molecule has 1 atom stereocenters. The van der Waals surface area contributed by atoms with Gasteiger partial charge in [-0.15, -0.1) is 0 Å². The van der Waals surface area contributed by atoms with Crippen molar-refractivity contribution in [1.82, 2.24) is 0 Å². The molecule has 0 spiro atoms. The summed E-state index contributed by atoms with van der Waals surface area (Å²) in [4.78, 5) is 16.6. The van der Waals surface area contributed by atoms with E-state index < -0.39 is 5.97 Å². The van der Waals surface area contributed by atoms with Gasteiger partial charge in [0.25, 0.3) is 0 Å². The number of hydrogen-bond acceptors (Lipinski definition) is 5. The first-order chi connectivity index (χ1) is 15.7. The van der Waals surface area contributed by atoms with Gasteiger partial charge in [-0.25, -0.2) is 4.89 Å². The van der Waals surface area contributed by atoms with Gasteiger partial charge in [0.15, 0.2) is 0 Å². The minimum Gasteiger partial charge on any atom is -0.545 e. The molecule has 0 aliphatic carbocycles. The standard InChI is InChI=1S/C27H37O4S.Na/c1-2-3-4-5-6-7-8-9-10-14-21-32-31-30-26(24-15-12-11-13-16-24)22-23-17-19-25(20-18-23)27(28)29;/h11-13,15-20,22,26H,2-10,14,21H2,1H3,(H,28,29);/q;+1/p-1. The average molecular weight is 480 g/mol. The molecule has 0 N–H and O–H groups in total. The van der Waals surface area contributed by atoms with Crippen LogP contribution in [0.25, 0.3) is 0 Å². The summed E-state index contributed by atoms with van der Waals surface area (Å²) in [6.45, 7) is 2.26. The molecule has 6 heteroatoms. The van der Waals surface area contributed by atoms with Gasteiger partial charge in [0.05, 0.1) is 5.97 Å². The van der Waals surface area contributed by atoms with Gasteiger partial charge in [-0.1, -0.05) is 119 Å². The molecule has 0 amide bonds. The first-order valence-corrected chi connectivity index (χ1v) is 12.8. The van der Waals surface area contributed by atoms with Crippen LogP contribution in [0.5, 0.6) is 0 Å². The summed E-state index contributed by atoms with van der Waals surface area (Å²) < 4.78 is 5.45. The molecule has 1 unspecified atom stereocenters. The summed E-state index contributed by atoms with van der Waals surface area (Å²) in [6, 6.07) is 16.4. The topological polar surface area (TPSA) is 58.6 Å². The molecule has 0 fully saturated rings. The molecular weight excluding hydrogens is 443 g/mol. The van der Waals surface area contributed by atoms with Crippen LogP contribution < -0.4 is 34.7 Å². The molecule has 0 heterocycles.